The third-order valence-corrected chi connectivity index (χ3v) is 6.54. The molecule has 0 radical (unpaired) electrons. The SMILES string of the molecule is CC(C)c1cccc(C(C)C)c1NC(=O)CSc1nc2ccsc2c(=O)n1C. The number of carbonyl (C=O) groups excluding carboxylic acids is 1. The number of anilines is 1. The Morgan fingerprint density at radius 3 is 2.43 bits per heavy atom. The van der Waals surface area contributed by atoms with Crippen molar-refractivity contribution < 1.29 is 4.79 Å². The Balaban J connectivity index is 1.81. The van der Waals surface area contributed by atoms with Crippen molar-refractivity contribution in [2.75, 3.05) is 11.1 Å². The normalized spacial score (nSPS) is 11.5. The maximum atomic E-state index is 12.7. The number of nitrogens with zero attached hydrogens (tertiary/aromatic N) is 2. The van der Waals surface area contributed by atoms with Gasteiger partial charge in [-0.1, -0.05) is 57.7 Å². The molecule has 3 aromatic rings. The highest BCUT2D eigenvalue weighted by Gasteiger charge is 2.17. The molecule has 28 heavy (non-hydrogen) atoms. The second-order valence-corrected chi connectivity index (χ2v) is 9.21. The molecule has 0 unspecified atom stereocenters. The summed E-state index contributed by atoms with van der Waals surface area (Å²) in [5.41, 5.74) is 3.79. The van der Waals surface area contributed by atoms with Crippen LogP contribution in [0.5, 0.6) is 0 Å². The van der Waals surface area contributed by atoms with Crippen LogP contribution in [0.15, 0.2) is 39.6 Å². The van der Waals surface area contributed by atoms with Crippen molar-refractivity contribution in [3.63, 3.8) is 0 Å². The van der Waals surface area contributed by atoms with E-state index < -0.39 is 0 Å². The molecule has 0 fully saturated rings. The number of nitrogens with one attached hydrogen (secondary N) is 1. The fourth-order valence-corrected chi connectivity index (χ4v) is 4.67. The number of thiophene rings is 1. The van der Waals surface area contributed by atoms with Crippen molar-refractivity contribution in [2.45, 2.75) is 44.7 Å². The van der Waals surface area contributed by atoms with Crippen molar-refractivity contribution in [2.24, 2.45) is 7.05 Å². The predicted octanol–water partition coefficient (Wildman–Crippen LogP) is 4.97. The van der Waals surface area contributed by atoms with Gasteiger partial charge in [0.1, 0.15) is 4.70 Å². The number of thioether (sulfide) groups is 1. The van der Waals surface area contributed by atoms with E-state index in [1.807, 2.05) is 17.5 Å². The summed E-state index contributed by atoms with van der Waals surface area (Å²) in [5.74, 6) is 0.717. The van der Waals surface area contributed by atoms with Crippen LogP contribution >= 0.6 is 23.1 Å². The lowest BCUT2D eigenvalue weighted by Gasteiger charge is -2.20. The number of benzene rings is 1. The largest absolute Gasteiger partial charge is 0.325 e. The van der Waals surface area contributed by atoms with Gasteiger partial charge in [-0.15, -0.1) is 11.3 Å². The number of aromatic nitrogens is 2. The molecule has 0 bridgehead atoms. The maximum absolute atomic E-state index is 12.7. The van der Waals surface area contributed by atoms with Crippen LogP contribution in [0.3, 0.4) is 0 Å². The second-order valence-electron chi connectivity index (χ2n) is 7.35. The Labute approximate surface area is 173 Å². The van der Waals surface area contributed by atoms with E-state index in [-0.39, 0.29) is 17.2 Å². The van der Waals surface area contributed by atoms with Gasteiger partial charge in [-0.25, -0.2) is 4.98 Å². The fourth-order valence-electron chi connectivity index (χ4n) is 3.10. The molecule has 0 saturated carbocycles. The smallest absolute Gasteiger partial charge is 0.271 e. The number of hydrogen-bond donors (Lipinski definition) is 1. The third-order valence-electron chi connectivity index (χ3n) is 4.62. The molecule has 0 aliphatic heterocycles. The minimum atomic E-state index is -0.0975. The minimum absolute atomic E-state index is 0.0739. The molecule has 1 aromatic carbocycles. The summed E-state index contributed by atoms with van der Waals surface area (Å²) in [6, 6.07) is 8.01. The van der Waals surface area contributed by atoms with E-state index in [4.69, 9.17) is 0 Å². The van der Waals surface area contributed by atoms with Crippen molar-refractivity contribution in [1.82, 2.24) is 9.55 Å². The molecule has 0 saturated heterocycles. The molecule has 2 heterocycles. The Morgan fingerprint density at radius 2 is 1.82 bits per heavy atom. The Kier molecular flexibility index (Phi) is 6.25. The highest BCUT2D eigenvalue weighted by Crippen LogP contribution is 2.32. The van der Waals surface area contributed by atoms with Gasteiger partial charge in [0, 0.05) is 12.7 Å². The first-order valence-corrected chi connectivity index (χ1v) is 11.2. The van der Waals surface area contributed by atoms with E-state index in [0.29, 0.717) is 27.2 Å². The van der Waals surface area contributed by atoms with Crippen molar-refractivity contribution in [1.29, 1.82) is 0 Å². The fraction of sp³-hybridized carbons (Fsp3) is 0.381. The van der Waals surface area contributed by atoms with E-state index in [1.165, 1.54) is 27.7 Å². The molecule has 1 amide bonds. The van der Waals surface area contributed by atoms with E-state index in [0.717, 1.165) is 16.8 Å². The monoisotopic (exact) mass is 415 g/mol. The topological polar surface area (TPSA) is 64.0 Å². The molecule has 148 valence electrons. The zero-order valence-corrected chi connectivity index (χ0v) is 18.4. The van der Waals surface area contributed by atoms with Gasteiger partial charge in [0.05, 0.1) is 11.3 Å². The van der Waals surface area contributed by atoms with Crippen molar-refractivity contribution in [3.05, 3.63) is 51.1 Å². The van der Waals surface area contributed by atoms with Gasteiger partial charge in [0.15, 0.2) is 5.16 Å². The van der Waals surface area contributed by atoms with Gasteiger partial charge >= 0.3 is 0 Å². The summed E-state index contributed by atoms with van der Waals surface area (Å²) < 4.78 is 2.15. The van der Waals surface area contributed by atoms with Crippen LogP contribution in [0.4, 0.5) is 5.69 Å². The standard InChI is InChI=1S/C21H25N3O2S2/c1-12(2)14-7-6-8-15(13(3)4)18(14)23-17(25)11-28-21-22-16-9-10-27-19(16)20(26)24(21)5/h6-10,12-13H,11H2,1-5H3,(H,23,25). The number of fused-ring (bicyclic) bond motifs is 1. The van der Waals surface area contributed by atoms with Gasteiger partial charge in [-0.05, 0) is 34.4 Å². The predicted molar refractivity (Wildman–Crippen MR) is 119 cm³/mol. The highest BCUT2D eigenvalue weighted by atomic mass is 32.2. The summed E-state index contributed by atoms with van der Waals surface area (Å²) in [7, 11) is 1.69. The van der Waals surface area contributed by atoms with Crippen LogP contribution in [-0.4, -0.2) is 21.2 Å². The Bertz CT molecular complexity index is 1040. The van der Waals surface area contributed by atoms with Gasteiger partial charge < -0.3 is 5.32 Å². The number of para-hydroxylation sites is 1. The second kappa shape index (κ2) is 8.49. The molecule has 0 aliphatic rings. The van der Waals surface area contributed by atoms with Gasteiger partial charge in [0.25, 0.3) is 5.56 Å². The summed E-state index contributed by atoms with van der Waals surface area (Å²) >= 11 is 2.67. The molecule has 7 heteroatoms. The quantitative estimate of drug-likeness (QED) is 0.456. The Morgan fingerprint density at radius 1 is 1.18 bits per heavy atom. The minimum Gasteiger partial charge on any atom is -0.325 e. The highest BCUT2D eigenvalue weighted by molar-refractivity contribution is 7.99. The lowest BCUT2D eigenvalue weighted by molar-refractivity contribution is -0.113. The summed E-state index contributed by atoms with van der Waals surface area (Å²) in [6.07, 6.45) is 0. The van der Waals surface area contributed by atoms with E-state index in [2.05, 4.69) is 50.1 Å². The van der Waals surface area contributed by atoms with Crippen LogP contribution in [0.25, 0.3) is 10.2 Å². The molecule has 3 rings (SSSR count). The zero-order valence-electron chi connectivity index (χ0n) is 16.8. The molecular weight excluding hydrogens is 390 g/mol. The van der Waals surface area contributed by atoms with Crippen molar-refractivity contribution >= 4 is 44.9 Å². The lowest BCUT2D eigenvalue weighted by Crippen LogP contribution is -2.21. The van der Waals surface area contributed by atoms with Gasteiger partial charge in [-0.3, -0.25) is 14.2 Å². The number of hydrogen-bond acceptors (Lipinski definition) is 5. The zero-order chi connectivity index (χ0) is 20.4. The van der Waals surface area contributed by atoms with Crippen LogP contribution in [0.1, 0.15) is 50.7 Å². The number of rotatable bonds is 6. The molecule has 0 atom stereocenters. The van der Waals surface area contributed by atoms with Crippen molar-refractivity contribution in [3.8, 4) is 0 Å². The van der Waals surface area contributed by atoms with E-state index in [1.54, 1.807) is 7.05 Å². The molecule has 0 spiro atoms. The van der Waals surface area contributed by atoms with E-state index in [9.17, 15) is 9.59 Å². The lowest BCUT2D eigenvalue weighted by atomic mass is 9.92. The van der Waals surface area contributed by atoms with E-state index >= 15 is 0 Å². The van der Waals surface area contributed by atoms with Crippen LogP contribution in [0, 0.1) is 0 Å². The first-order valence-electron chi connectivity index (χ1n) is 9.29. The summed E-state index contributed by atoms with van der Waals surface area (Å²) in [6.45, 7) is 8.50. The van der Waals surface area contributed by atoms with Gasteiger partial charge in [-0.2, -0.15) is 0 Å². The molecular formula is C21H25N3O2S2. The first-order chi connectivity index (χ1) is 13.3. The average Bonchev–Trinajstić information content (AvgIpc) is 3.12. The van der Waals surface area contributed by atoms with Gasteiger partial charge in [0.2, 0.25) is 5.91 Å². The molecule has 1 N–H and O–H groups in total. The van der Waals surface area contributed by atoms with Crippen LogP contribution < -0.4 is 10.9 Å². The maximum Gasteiger partial charge on any atom is 0.271 e. The number of carbonyl (C=O) groups is 1. The molecule has 2 aromatic heterocycles. The summed E-state index contributed by atoms with van der Waals surface area (Å²) in [5, 5.41) is 5.51. The summed E-state index contributed by atoms with van der Waals surface area (Å²) in [4.78, 5) is 29.6. The van der Waals surface area contributed by atoms with Crippen LogP contribution in [0.2, 0.25) is 0 Å². The van der Waals surface area contributed by atoms with Crippen LogP contribution in [-0.2, 0) is 11.8 Å². The third kappa shape index (κ3) is 4.15. The molecule has 0 aliphatic carbocycles. The average molecular weight is 416 g/mol. The number of amides is 1. The molecule has 5 nitrogen and oxygen atoms in total. The first kappa shape index (κ1) is 20.6. The Hall–Kier alpha value is -2.12.